The van der Waals surface area contributed by atoms with Crippen LogP contribution >= 0.6 is 11.8 Å². The highest BCUT2D eigenvalue weighted by Crippen LogP contribution is 2.31. The van der Waals surface area contributed by atoms with E-state index in [9.17, 15) is 12.8 Å². The van der Waals surface area contributed by atoms with Crippen molar-refractivity contribution in [3.05, 3.63) is 59.9 Å². The van der Waals surface area contributed by atoms with E-state index >= 15 is 0 Å². The maximum Gasteiger partial charge on any atom is 0.243 e. The highest BCUT2D eigenvalue weighted by molar-refractivity contribution is 7.98. The maximum absolute atomic E-state index is 13.2. The van der Waals surface area contributed by atoms with E-state index in [2.05, 4.69) is 10.2 Å². The van der Waals surface area contributed by atoms with Crippen molar-refractivity contribution in [2.45, 2.75) is 42.6 Å². The smallest absolute Gasteiger partial charge is 0.243 e. The lowest BCUT2D eigenvalue weighted by Crippen LogP contribution is -2.30. The fraction of sp³-hybridized carbons (Fsp3) is 0.391. The first-order valence-electron chi connectivity index (χ1n) is 10.7. The molecule has 0 aliphatic rings. The Morgan fingerprint density at radius 1 is 1.12 bits per heavy atom. The van der Waals surface area contributed by atoms with Crippen molar-refractivity contribution in [2.75, 3.05) is 26.8 Å². The standard InChI is InChI=1S/C23H29FN4O3S2/c1-5-27(6-2)33(29,30)21-9-7-8-19(14-21)22-25-26-23(28(22)17(3)15-31-4)32-16-18-10-12-20(24)13-11-18/h7-14,17H,5-6,15-16H2,1-4H3/t17-/m1/s1. The van der Waals surface area contributed by atoms with Gasteiger partial charge in [-0.25, -0.2) is 12.8 Å². The van der Waals surface area contributed by atoms with Gasteiger partial charge in [-0.2, -0.15) is 4.31 Å². The first-order chi connectivity index (χ1) is 15.8. The Morgan fingerprint density at radius 3 is 2.45 bits per heavy atom. The average molecular weight is 493 g/mol. The van der Waals surface area contributed by atoms with Gasteiger partial charge in [0.05, 0.1) is 17.5 Å². The molecule has 0 unspecified atom stereocenters. The van der Waals surface area contributed by atoms with Crippen LogP contribution < -0.4 is 0 Å². The van der Waals surface area contributed by atoms with Gasteiger partial charge in [-0.1, -0.05) is 49.9 Å². The molecule has 10 heteroatoms. The molecular formula is C23H29FN4O3S2. The van der Waals surface area contributed by atoms with Gasteiger partial charge in [-0.15, -0.1) is 10.2 Å². The minimum Gasteiger partial charge on any atom is -0.383 e. The minimum atomic E-state index is -3.60. The summed E-state index contributed by atoms with van der Waals surface area (Å²) in [5.74, 6) is 0.884. The monoisotopic (exact) mass is 492 g/mol. The van der Waals surface area contributed by atoms with Crippen molar-refractivity contribution in [1.29, 1.82) is 0 Å². The molecule has 0 saturated heterocycles. The number of nitrogens with zero attached hydrogens (tertiary/aromatic N) is 4. The number of methoxy groups -OCH3 is 1. The largest absolute Gasteiger partial charge is 0.383 e. The van der Waals surface area contributed by atoms with Crippen LogP contribution in [0.3, 0.4) is 0 Å². The summed E-state index contributed by atoms with van der Waals surface area (Å²) < 4.78 is 48.0. The summed E-state index contributed by atoms with van der Waals surface area (Å²) in [7, 11) is -1.97. The van der Waals surface area contributed by atoms with E-state index in [0.29, 0.717) is 42.0 Å². The first-order valence-corrected chi connectivity index (χ1v) is 13.2. The number of ether oxygens (including phenoxy) is 1. The molecule has 0 radical (unpaired) electrons. The fourth-order valence-corrected chi connectivity index (χ4v) is 6.02. The summed E-state index contributed by atoms with van der Waals surface area (Å²) >= 11 is 1.48. The summed E-state index contributed by atoms with van der Waals surface area (Å²) in [6.45, 7) is 6.86. The van der Waals surface area contributed by atoms with E-state index in [0.717, 1.165) is 5.56 Å². The van der Waals surface area contributed by atoms with E-state index in [4.69, 9.17) is 4.74 Å². The number of benzene rings is 2. The zero-order valence-corrected chi connectivity index (χ0v) is 20.9. The third-order valence-electron chi connectivity index (χ3n) is 5.23. The summed E-state index contributed by atoms with van der Waals surface area (Å²) in [6, 6.07) is 13.0. The Balaban J connectivity index is 1.98. The molecule has 1 atom stereocenters. The number of halogens is 1. The summed E-state index contributed by atoms with van der Waals surface area (Å²) in [4.78, 5) is 0.221. The molecule has 33 heavy (non-hydrogen) atoms. The number of rotatable bonds is 11. The number of hydrogen-bond acceptors (Lipinski definition) is 6. The summed E-state index contributed by atoms with van der Waals surface area (Å²) in [6.07, 6.45) is 0. The van der Waals surface area contributed by atoms with Crippen LogP contribution in [0.4, 0.5) is 4.39 Å². The zero-order chi connectivity index (χ0) is 24.0. The van der Waals surface area contributed by atoms with Crippen molar-refractivity contribution in [1.82, 2.24) is 19.1 Å². The predicted octanol–water partition coefficient (Wildman–Crippen LogP) is 4.61. The molecule has 0 fully saturated rings. The van der Waals surface area contributed by atoms with Gasteiger partial charge in [0.25, 0.3) is 0 Å². The molecule has 0 amide bonds. The van der Waals surface area contributed by atoms with E-state index in [1.807, 2.05) is 31.4 Å². The molecule has 3 aromatic rings. The fourth-order valence-electron chi connectivity index (χ4n) is 3.52. The second kappa shape index (κ2) is 11.2. The van der Waals surface area contributed by atoms with Crippen molar-refractivity contribution in [2.24, 2.45) is 0 Å². The van der Waals surface area contributed by atoms with Crippen LogP contribution in [0.1, 0.15) is 32.4 Å². The Hall–Kier alpha value is -2.27. The molecule has 178 valence electrons. The Kier molecular flexibility index (Phi) is 8.63. The van der Waals surface area contributed by atoms with Crippen molar-refractivity contribution in [3.8, 4) is 11.4 Å². The SMILES string of the molecule is CCN(CC)S(=O)(=O)c1cccc(-c2nnc(SCc3ccc(F)cc3)n2[C@H](C)COC)c1. The lowest BCUT2D eigenvalue weighted by atomic mass is 10.2. The van der Waals surface area contributed by atoms with Crippen LogP contribution in [-0.2, 0) is 20.5 Å². The van der Waals surface area contributed by atoms with Crippen molar-refractivity contribution >= 4 is 21.8 Å². The second-order valence-electron chi connectivity index (χ2n) is 7.51. The number of hydrogen-bond donors (Lipinski definition) is 0. The molecule has 0 saturated carbocycles. The summed E-state index contributed by atoms with van der Waals surface area (Å²) in [5, 5.41) is 9.44. The molecule has 7 nitrogen and oxygen atoms in total. The highest BCUT2D eigenvalue weighted by Gasteiger charge is 2.24. The lowest BCUT2D eigenvalue weighted by Gasteiger charge is -2.20. The number of sulfonamides is 1. The normalized spacial score (nSPS) is 12.9. The Morgan fingerprint density at radius 2 is 1.82 bits per heavy atom. The van der Waals surface area contributed by atoms with Crippen LogP contribution in [0.25, 0.3) is 11.4 Å². The zero-order valence-electron chi connectivity index (χ0n) is 19.2. The van der Waals surface area contributed by atoms with Gasteiger partial charge < -0.3 is 4.74 Å². The molecule has 2 aromatic carbocycles. The van der Waals surface area contributed by atoms with Gasteiger partial charge in [0.15, 0.2) is 11.0 Å². The molecular weight excluding hydrogens is 463 g/mol. The van der Waals surface area contributed by atoms with Crippen LogP contribution in [0.2, 0.25) is 0 Å². The van der Waals surface area contributed by atoms with Gasteiger partial charge in [-0.05, 0) is 36.8 Å². The third kappa shape index (κ3) is 5.81. The van der Waals surface area contributed by atoms with E-state index in [-0.39, 0.29) is 16.8 Å². The van der Waals surface area contributed by atoms with Gasteiger partial charge >= 0.3 is 0 Å². The molecule has 0 aliphatic heterocycles. The van der Waals surface area contributed by atoms with Gasteiger partial charge in [-0.3, -0.25) is 4.57 Å². The van der Waals surface area contributed by atoms with Gasteiger partial charge in [0.2, 0.25) is 10.0 Å². The quantitative estimate of drug-likeness (QED) is 0.364. The lowest BCUT2D eigenvalue weighted by molar-refractivity contribution is 0.159. The van der Waals surface area contributed by atoms with Gasteiger partial charge in [0, 0.05) is 31.5 Å². The topological polar surface area (TPSA) is 77.3 Å². The van der Waals surface area contributed by atoms with Crippen molar-refractivity contribution in [3.63, 3.8) is 0 Å². The number of aromatic nitrogens is 3. The Labute approximate surface area is 199 Å². The molecule has 0 bridgehead atoms. The van der Waals surface area contributed by atoms with Crippen molar-refractivity contribution < 1.29 is 17.5 Å². The van der Waals surface area contributed by atoms with E-state index in [1.165, 1.54) is 28.2 Å². The van der Waals surface area contributed by atoms with Crippen LogP contribution in [0, 0.1) is 5.82 Å². The molecule has 1 aromatic heterocycles. The highest BCUT2D eigenvalue weighted by atomic mass is 32.2. The Bertz CT molecular complexity index is 1160. The second-order valence-corrected chi connectivity index (χ2v) is 10.4. The summed E-state index contributed by atoms with van der Waals surface area (Å²) in [5.41, 5.74) is 1.62. The minimum absolute atomic E-state index is 0.0845. The van der Waals surface area contributed by atoms with Gasteiger partial charge in [0.1, 0.15) is 5.82 Å². The molecule has 1 heterocycles. The maximum atomic E-state index is 13.2. The van der Waals surface area contributed by atoms with Crippen LogP contribution in [0.15, 0.2) is 58.6 Å². The third-order valence-corrected chi connectivity index (χ3v) is 8.29. The van der Waals surface area contributed by atoms with E-state index < -0.39 is 10.0 Å². The first kappa shape index (κ1) is 25.4. The van der Waals surface area contributed by atoms with Crippen LogP contribution in [-0.4, -0.2) is 54.3 Å². The van der Waals surface area contributed by atoms with Crippen LogP contribution in [0.5, 0.6) is 0 Å². The molecule has 3 rings (SSSR count). The van der Waals surface area contributed by atoms with E-state index in [1.54, 1.807) is 37.4 Å². The number of thioether (sulfide) groups is 1. The molecule has 0 N–H and O–H groups in total. The average Bonchev–Trinajstić information content (AvgIpc) is 3.24. The predicted molar refractivity (Wildman–Crippen MR) is 128 cm³/mol. The molecule has 0 spiro atoms. The molecule has 0 aliphatic carbocycles.